The van der Waals surface area contributed by atoms with Crippen molar-refractivity contribution < 1.29 is 4.79 Å². The number of rotatable bonds is 2. The van der Waals surface area contributed by atoms with Gasteiger partial charge in [-0.1, -0.05) is 24.3 Å². The molecule has 1 aliphatic rings. The molecular formula is C11H11ClO. The molecule has 2 unspecified atom stereocenters. The molecule has 0 aliphatic heterocycles. The molecule has 0 radical (unpaired) electrons. The molecule has 1 aromatic rings. The number of carbonyl (C=O) groups excluding carboxylic acids is 1. The lowest BCUT2D eigenvalue weighted by atomic mass is 10.0. The van der Waals surface area contributed by atoms with E-state index in [0.29, 0.717) is 11.8 Å². The Bertz CT molecular complexity index is 322. The molecule has 0 saturated heterocycles. The fraction of sp³-hybridized carbons (Fsp3) is 0.364. The fourth-order valence-electron chi connectivity index (χ4n) is 2.06. The van der Waals surface area contributed by atoms with Crippen molar-refractivity contribution in [2.75, 3.05) is 5.88 Å². The highest BCUT2D eigenvalue weighted by atomic mass is 35.5. The van der Waals surface area contributed by atoms with E-state index < -0.39 is 0 Å². The van der Waals surface area contributed by atoms with Crippen LogP contribution < -0.4 is 0 Å². The first-order chi connectivity index (χ1) is 6.36. The summed E-state index contributed by atoms with van der Waals surface area (Å²) in [6, 6.07) is 8.09. The number of hydrogen-bond acceptors (Lipinski definition) is 1. The second-order valence-corrected chi connectivity index (χ2v) is 3.77. The highest BCUT2D eigenvalue weighted by Crippen LogP contribution is 2.40. The highest BCUT2D eigenvalue weighted by Gasteiger charge is 2.29. The van der Waals surface area contributed by atoms with Crippen LogP contribution in [0.3, 0.4) is 0 Å². The van der Waals surface area contributed by atoms with Gasteiger partial charge in [0.25, 0.3) is 0 Å². The molecule has 2 atom stereocenters. The van der Waals surface area contributed by atoms with E-state index in [4.69, 9.17) is 11.6 Å². The van der Waals surface area contributed by atoms with Crippen molar-refractivity contribution in [2.45, 2.75) is 18.3 Å². The minimum absolute atomic E-state index is 0.0694. The van der Waals surface area contributed by atoms with Crippen LogP contribution in [0.15, 0.2) is 24.3 Å². The summed E-state index contributed by atoms with van der Waals surface area (Å²) < 4.78 is 0. The molecule has 68 valence electrons. The molecular weight excluding hydrogens is 184 g/mol. The average molecular weight is 195 g/mol. The summed E-state index contributed by atoms with van der Waals surface area (Å²) >= 11 is 5.84. The van der Waals surface area contributed by atoms with Gasteiger partial charge in [0.2, 0.25) is 0 Å². The largest absolute Gasteiger partial charge is 0.303 e. The molecule has 2 rings (SSSR count). The van der Waals surface area contributed by atoms with Crippen LogP contribution >= 0.6 is 11.6 Å². The van der Waals surface area contributed by atoms with Gasteiger partial charge in [0.1, 0.15) is 6.29 Å². The first-order valence-corrected chi connectivity index (χ1v) is 5.00. The van der Waals surface area contributed by atoms with Gasteiger partial charge < -0.3 is 4.79 Å². The van der Waals surface area contributed by atoms with Gasteiger partial charge in [-0.3, -0.25) is 0 Å². The third kappa shape index (κ3) is 1.37. The Morgan fingerprint density at radius 1 is 1.38 bits per heavy atom. The second-order valence-electron chi connectivity index (χ2n) is 3.46. The Kier molecular flexibility index (Phi) is 2.36. The zero-order valence-electron chi connectivity index (χ0n) is 7.24. The molecule has 1 aliphatic carbocycles. The predicted octanol–water partition coefficient (Wildman–Crippen LogP) is 2.70. The summed E-state index contributed by atoms with van der Waals surface area (Å²) in [5, 5.41) is 0. The summed E-state index contributed by atoms with van der Waals surface area (Å²) in [5.41, 5.74) is 2.43. The quantitative estimate of drug-likeness (QED) is 0.523. The van der Waals surface area contributed by atoms with Crippen molar-refractivity contribution in [3.8, 4) is 0 Å². The molecule has 1 aromatic carbocycles. The third-order valence-corrected chi connectivity index (χ3v) is 3.10. The van der Waals surface area contributed by atoms with Gasteiger partial charge in [-0.25, -0.2) is 0 Å². The van der Waals surface area contributed by atoms with Crippen LogP contribution in [-0.4, -0.2) is 12.2 Å². The van der Waals surface area contributed by atoms with E-state index in [1.807, 2.05) is 18.2 Å². The lowest BCUT2D eigenvalue weighted by Gasteiger charge is -2.04. The molecule has 1 nitrogen and oxygen atoms in total. The molecule has 13 heavy (non-hydrogen) atoms. The van der Waals surface area contributed by atoms with Crippen molar-refractivity contribution in [3.63, 3.8) is 0 Å². The summed E-state index contributed by atoms with van der Waals surface area (Å²) in [5.74, 6) is 1.05. The molecule has 0 spiro atoms. The van der Waals surface area contributed by atoms with Crippen molar-refractivity contribution in [2.24, 2.45) is 0 Å². The van der Waals surface area contributed by atoms with E-state index in [1.54, 1.807) is 0 Å². The van der Waals surface area contributed by atoms with Gasteiger partial charge in [0, 0.05) is 11.8 Å². The number of halogens is 1. The number of alkyl halides is 1. The summed E-state index contributed by atoms with van der Waals surface area (Å²) in [6.07, 6.45) is 1.91. The monoisotopic (exact) mass is 194 g/mol. The Morgan fingerprint density at radius 2 is 2.08 bits per heavy atom. The highest BCUT2D eigenvalue weighted by molar-refractivity contribution is 6.18. The lowest BCUT2D eigenvalue weighted by Crippen LogP contribution is -1.95. The Hall–Kier alpha value is -0.820. The standard InChI is InChI=1S/C11H11ClO/c12-6-8-5-9(7-13)11-4-2-1-3-10(8)11/h1-4,7-9H,5-6H2. The summed E-state index contributed by atoms with van der Waals surface area (Å²) in [7, 11) is 0. The maximum absolute atomic E-state index is 10.8. The molecule has 2 heteroatoms. The number of benzene rings is 1. The SMILES string of the molecule is O=CC1CC(CCl)c2ccccc21. The van der Waals surface area contributed by atoms with E-state index in [9.17, 15) is 4.79 Å². The normalized spacial score (nSPS) is 25.6. The number of aldehydes is 1. The van der Waals surface area contributed by atoms with Crippen molar-refractivity contribution in [3.05, 3.63) is 35.4 Å². The maximum atomic E-state index is 10.8. The molecule has 0 heterocycles. The third-order valence-electron chi connectivity index (χ3n) is 2.72. The van der Waals surface area contributed by atoms with E-state index in [2.05, 4.69) is 6.07 Å². The topological polar surface area (TPSA) is 17.1 Å². The van der Waals surface area contributed by atoms with Crippen LogP contribution in [0.5, 0.6) is 0 Å². The van der Waals surface area contributed by atoms with Gasteiger partial charge in [0.05, 0.1) is 0 Å². The smallest absolute Gasteiger partial charge is 0.127 e. The summed E-state index contributed by atoms with van der Waals surface area (Å²) in [4.78, 5) is 10.8. The molecule has 0 amide bonds. The minimum atomic E-state index is 0.0694. The first-order valence-electron chi connectivity index (χ1n) is 4.47. The molecule has 0 N–H and O–H groups in total. The fourth-order valence-corrected chi connectivity index (χ4v) is 2.35. The molecule has 0 bridgehead atoms. The van der Waals surface area contributed by atoms with Gasteiger partial charge in [-0.2, -0.15) is 0 Å². The zero-order chi connectivity index (χ0) is 9.26. The van der Waals surface area contributed by atoms with Gasteiger partial charge in [0.15, 0.2) is 0 Å². The Morgan fingerprint density at radius 3 is 2.69 bits per heavy atom. The van der Waals surface area contributed by atoms with E-state index in [-0.39, 0.29) is 5.92 Å². The number of fused-ring (bicyclic) bond motifs is 1. The molecule has 0 fully saturated rings. The number of hydrogen-bond donors (Lipinski definition) is 0. The zero-order valence-corrected chi connectivity index (χ0v) is 8.00. The van der Waals surface area contributed by atoms with Crippen molar-refractivity contribution in [1.82, 2.24) is 0 Å². The van der Waals surface area contributed by atoms with Gasteiger partial charge >= 0.3 is 0 Å². The van der Waals surface area contributed by atoms with E-state index in [1.165, 1.54) is 11.1 Å². The van der Waals surface area contributed by atoms with Crippen LogP contribution in [0.2, 0.25) is 0 Å². The average Bonchev–Trinajstić information content (AvgIpc) is 2.56. The van der Waals surface area contributed by atoms with Crippen molar-refractivity contribution >= 4 is 17.9 Å². The lowest BCUT2D eigenvalue weighted by molar-refractivity contribution is -0.109. The Balaban J connectivity index is 2.43. The predicted molar refractivity (Wildman–Crippen MR) is 53.3 cm³/mol. The van der Waals surface area contributed by atoms with Gasteiger partial charge in [-0.15, -0.1) is 11.6 Å². The van der Waals surface area contributed by atoms with Crippen LogP contribution in [0, 0.1) is 0 Å². The summed E-state index contributed by atoms with van der Waals surface area (Å²) in [6.45, 7) is 0. The van der Waals surface area contributed by atoms with Crippen LogP contribution in [0.4, 0.5) is 0 Å². The minimum Gasteiger partial charge on any atom is -0.303 e. The van der Waals surface area contributed by atoms with Crippen LogP contribution in [0.1, 0.15) is 29.4 Å². The first kappa shape index (κ1) is 8.76. The van der Waals surface area contributed by atoms with E-state index in [0.717, 1.165) is 12.7 Å². The number of carbonyl (C=O) groups is 1. The van der Waals surface area contributed by atoms with Crippen LogP contribution in [0.25, 0.3) is 0 Å². The second kappa shape index (κ2) is 3.51. The molecule has 0 aromatic heterocycles. The van der Waals surface area contributed by atoms with Crippen molar-refractivity contribution in [1.29, 1.82) is 0 Å². The van der Waals surface area contributed by atoms with Crippen LogP contribution in [-0.2, 0) is 4.79 Å². The molecule has 0 saturated carbocycles. The Labute approximate surface area is 82.7 Å². The van der Waals surface area contributed by atoms with E-state index >= 15 is 0 Å². The van der Waals surface area contributed by atoms with Gasteiger partial charge in [-0.05, 0) is 23.5 Å². The maximum Gasteiger partial charge on any atom is 0.127 e.